The minimum atomic E-state index is -3.25. The molecule has 1 saturated carbocycles. The first-order valence-corrected chi connectivity index (χ1v) is 6.17. The monoisotopic (exact) mass is 203 g/mol. The molecule has 0 unspecified atom stereocenters. The second-order valence-electron chi connectivity index (χ2n) is 3.80. The van der Waals surface area contributed by atoms with Crippen molar-refractivity contribution in [2.24, 2.45) is 4.40 Å². The first-order valence-electron chi connectivity index (χ1n) is 4.56. The van der Waals surface area contributed by atoms with Crippen LogP contribution in [0.5, 0.6) is 0 Å². The zero-order valence-electron chi connectivity index (χ0n) is 7.40. The third-order valence-electron chi connectivity index (χ3n) is 2.72. The third-order valence-corrected chi connectivity index (χ3v) is 4.01. The van der Waals surface area contributed by atoms with Gasteiger partial charge in [0.25, 0.3) is 10.0 Å². The van der Waals surface area contributed by atoms with E-state index in [1.807, 2.05) is 0 Å². The van der Waals surface area contributed by atoms with Gasteiger partial charge < -0.3 is 4.74 Å². The molecule has 74 valence electrons. The first kappa shape index (κ1) is 8.99. The van der Waals surface area contributed by atoms with Gasteiger partial charge in [0.15, 0.2) is 6.40 Å². The summed E-state index contributed by atoms with van der Waals surface area (Å²) in [5, 5.41) is 0. The molecule has 1 aliphatic heterocycles. The zero-order valence-corrected chi connectivity index (χ0v) is 8.22. The summed E-state index contributed by atoms with van der Waals surface area (Å²) < 4.78 is 31.2. The van der Waals surface area contributed by atoms with E-state index in [4.69, 9.17) is 4.74 Å². The van der Waals surface area contributed by atoms with Gasteiger partial charge in [-0.05, 0) is 25.7 Å². The molecule has 5 heteroatoms. The second-order valence-corrected chi connectivity index (χ2v) is 5.46. The molecule has 2 rings (SSSR count). The van der Waals surface area contributed by atoms with Gasteiger partial charge in [-0.1, -0.05) is 6.42 Å². The van der Waals surface area contributed by atoms with Gasteiger partial charge >= 0.3 is 0 Å². The number of ether oxygens (including phenoxy) is 1. The molecule has 0 saturated heterocycles. The van der Waals surface area contributed by atoms with Crippen molar-refractivity contribution >= 4 is 16.4 Å². The van der Waals surface area contributed by atoms with E-state index in [0.717, 1.165) is 32.1 Å². The van der Waals surface area contributed by atoms with Gasteiger partial charge in [0.2, 0.25) is 0 Å². The molecule has 1 aliphatic carbocycles. The minimum Gasteiger partial charge on any atom is -0.475 e. The lowest BCUT2D eigenvalue weighted by Gasteiger charge is -2.36. The maximum Gasteiger partial charge on any atom is 0.259 e. The minimum absolute atomic E-state index is 0.0660. The van der Waals surface area contributed by atoms with Crippen molar-refractivity contribution in [3.63, 3.8) is 0 Å². The molecule has 0 bridgehead atoms. The van der Waals surface area contributed by atoms with Crippen LogP contribution in [0.25, 0.3) is 0 Å². The molecule has 1 fully saturated rings. The van der Waals surface area contributed by atoms with E-state index in [1.54, 1.807) is 0 Å². The van der Waals surface area contributed by atoms with Crippen LogP contribution in [0.1, 0.15) is 32.1 Å². The maximum absolute atomic E-state index is 11.2. The fourth-order valence-electron chi connectivity index (χ4n) is 2.06. The van der Waals surface area contributed by atoms with Crippen molar-refractivity contribution in [3.05, 3.63) is 0 Å². The summed E-state index contributed by atoms with van der Waals surface area (Å²) >= 11 is 0. The molecule has 0 amide bonds. The van der Waals surface area contributed by atoms with E-state index < -0.39 is 15.6 Å². The van der Waals surface area contributed by atoms with Crippen LogP contribution in [-0.4, -0.2) is 26.2 Å². The quantitative estimate of drug-likeness (QED) is 0.592. The van der Waals surface area contributed by atoms with Crippen LogP contribution in [0.15, 0.2) is 4.40 Å². The number of rotatable bonds is 0. The van der Waals surface area contributed by atoms with E-state index in [2.05, 4.69) is 4.40 Å². The lowest BCUT2D eigenvalue weighted by Crippen LogP contribution is -2.43. The largest absolute Gasteiger partial charge is 0.475 e. The number of hydrogen-bond acceptors (Lipinski definition) is 3. The van der Waals surface area contributed by atoms with E-state index in [1.165, 1.54) is 6.42 Å². The van der Waals surface area contributed by atoms with Gasteiger partial charge in [0.05, 0.1) is 0 Å². The molecule has 13 heavy (non-hydrogen) atoms. The highest BCUT2D eigenvalue weighted by atomic mass is 32.2. The molecule has 2 aliphatic rings. The molecule has 0 radical (unpaired) electrons. The van der Waals surface area contributed by atoms with Gasteiger partial charge in [-0.15, -0.1) is 4.40 Å². The van der Waals surface area contributed by atoms with Crippen LogP contribution in [0.3, 0.4) is 0 Å². The van der Waals surface area contributed by atoms with Gasteiger partial charge in [0, 0.05) is 0 Å². The average molecular weight is 203 g/mol. The summed E-state index contributed by atoms with van der Waals surface area (Å²) in [7, 11) is -3.25. The Bertz CT molecular complexity index is 314. The fraction of sp³-hybridized carbons (Fsp3) is 0.875. The molecular formula is C8H13NO3S. The van der Waals surface area contributed by atoms with Gasteiger partial charge in [-0.3, -0.25) is 0 Å². The van der Waals surface area contributed by atoms with Crippen LogP contribution in [-0.2, 0) is 14.8 Å². The maximum atomic E-state index is 11.2. The van der Waals surface area contributed by atoms with E-state index in [-0.39, 0.29) is 5.75 Å². The molecule has 0 aromatic carbocycles. The molecule has 0 atom stereocenters. The summed E-state index contributed by atoms with van der Waals surface area (Å²) in [6.45, 7) is 0. The van der Waals surface area contributed by atoms with Crippen molar-refractivity contribution < 1.29 is 13.2 Å². The normalized spacial score (nSPS) is 29.8. The first-order chi connectivity index (χ1) is 6.12. The lowest BCUT2D eigenvalue weighted by atomic mass is 9.86. The summed E-state index contributed by atoms with van der Waals surface area (Å²) in [6.07, 6.45) is 6.09. The van der Waals surface area contributed by atoms with Crippen molar-refractivity contribution in [2.45, 2.75) is 37.7 Å². The third kappa shape index (κ3) is 1.85. The Labute approximate surface area is 78.1 Å². The van der Waals surface area contributed by atoms with Crippen molar-refractivity contribution in [1.82, 2.24) is 0 Å². The van der Waals surface area contributed by atoms with Crippen LogP contribution in [0.4, 0.5) is 0 Å². The molecule has 1 spiro atoms. The predicted octanol–water partition coefficient (Wildman–Crippen LogP) is 1.08. The SMILES string of the molecule is O=S1(=O)CC2(CCCCC2)OC=N1. The van der Waals surface area contributed by atoms with E-state index in [0.29, 0.717) is 0 Å². The van der Waals surface area contributed by atoms with Crippen LogP contribution >= 0.6 is 0 Å². The topological polar surface area (TPSA) is 55.7 Å². The van der Waals surface area contributed by atoms with Gasteiger partial charge in [0.1, 0.15) is 11.4 Å². The van der Waals surface area contributed by atoms with E-state index in [9.17, 15) is 8.42 Å². The average Bonchev–Trinajstić information content (AvgIpc) is 2.03. The zero-order chi connectivity index (χ0) is 9.36. The molecule has 0 N–H and O–H groups in total. The predicted molar refractivity (Wildman–Crippen MR) is 49.2 cm³/mol. The Morgan fingerprint density at radius 3 is 2.54 bits per heavy atom. The Morgan fingerprint density at radius 2 is 1.92 bits per heavy atom. The summed E-state index contributed by atoms with van der Waals surface area (Å²) in [5.41, 5.74) is -0.446. The Morgan fingerprint density at radius 1 is 1.23 bits per heavy atom. The molecular weight excluding hydrogens is 190 g/mol. The van der Waals surface area contributed by atoms with Crippen molar-refractivity contribution in [1.29, 1.82) is 0 Å². The smallest absolute Gasteiger partial charge is 0.259 e. The highest BCUT2D eigenvalue weighted by molar-refractivity contribution is 7.90. The number of hydrogen-bond donors (Lipinski definition) is 0. The van der Waals surface area contributed by atoms with Crippen LogP contribution in [0.2, 0.25) is 0 Å². The Kier molecular flexibility index (Phi) is 2.06. The van der Waals surface area contributed by atoms with Crippen LogP contribution < -0.4 is 0 Å². The van der Waals surface area contributed by atoms with Gasteiger partial charge in [-0.25, -0.2) is 8.42 Å². The number of sulfonamides is 1. The van der Waals surface area contributed by atoms with E-state index >= 15 is 0 Å². The summed E-state index contributed by atoms with van der Waals surface area (Å²) in [5.74, 6) is 0.0660. The van der Waals surface area contributed by atoms with Crippen molar-refractivity contribution in [3.8, 4) is 0 Å². The molecule has 0 aromatic rings. The Balaban J connectivity index is 2.21. The standard InChI is InChI=1S/C8H13NO3S/c10-13(11)6-8(12-7-9-13)4-2-1-3-5-8/h7H,1-6H2. The van der Waals surface area contributed by atoms with Crippen molar-refractivity contribution in [2.75, 3.05) is 5.75 Å². The van der Waals surface area contributed by atoms with Gasteiger partial charge in [-0.2, -0.15) is 0 Å². The molecule has 0 aromatic heterocycles. The second kappa shape index (κ2) is 2.97. The highest BCUT2D eigenvalue weighted by Gasteiger charge is 2.40. The highest BCUT2D eigenvalue weighted by Crippen LogP contribution is 2.34. The fourth-order valence-corrected chi connectivity index (χ4v) is 3.33. The molecule has 4 nitrogen and oxygen atoms in total. The van der Waals surface area contributed by atoms with Crippen LogP contribution in [0, 0.1) is 0 Å². The Hall–Kier alpha value is -0.580. The molecule has 1 heterocycles. The summed E-state index contributed by atoms with van der Waals surface area (Å²) in [6, 6.07) is 0. The summed E-state index contributed by atoms with van der Waals surface area (Å²) in [4.78, 5) is 0. The lowest BCUT2D eigenvalue weighted by molar-refractivity contribution is 0.0441. The number of nitrogens with zero attached hydrogens (tertiary/aromatic N) is 1.